The average Bonchev–Trinajstić information content (AvgIpc) is 3.93. The van der Waals surface area contributed by atoms with E-state index in [1.54, 1.807) is 16.5 Å². The van der Waals surface area contributed by atoms with E-state index in [0.29, 0.717) is 36.2 Å². The molecule has 0 spiro atoms. The fraction of sp³-hybridized carbons (Fsp3) is 0.523. The number of rotatable bonds is 11. The normalized spacial score (nSPS) is 23.8. The van der Waals surface area contributed by atoms with Gasteiger partial charge in [-0.2, -0.15) is 0 Å². The maximum absolute atomic E-state index is 13.3. The second kappa shape index (κ2) is 17.6. The molecule has 2 aromatic carbocycles. The molecule has 3 aromatic rings. The molecular formula is C44H58N12O5. The Labute approximate surface area is 355 Å². The van der Waals surface area contributed by atoms with E-state index >= 15 is 0 Å². The molecule has 8 rings (SSSR count). The summed E-state index contributed by atoms with van der Waals surface area (Å²) < 4.78 is 3.13. The number of piperidine rings is 3. The van der Waals surface area contributed by atoms with Gasteiger partial charge in [0.15, 0.2) is 11.5 Å². The Kier molecular flexibility index (Phi) is 12.0. The van der Waals surface area contributed by atoms with Crippen LogP contribution >= 0.6 is 0 Å². The molecule has 5 aliphatic heterocycles. The Morgan fingerprint density at radius 1 is 0.902 bits per heavy atom. The number of carbonyl (C=O) groups excluding carboxylic acids is 4. The summed E-state index contributed by atoms with van der Waals surface area (Å²) >= 11 is 0. The van der Waals surface area contributed by atoms with Crippen molar-refractivity contribution in [2.45, 2.75) is 69.9 Å². The van der Waals surface area contributed by atoms with E-state index in [0.717, 1.165) is 101 Å². The summed E-state index contributed by atoms with van der Waals surface area (Å²) in [5.74, 6) is 0.466. The lowest BCUT2D eigenvalue weighted by Gasteiger charge is -2.38. The first kappa shape index (κ1) is 41.8. The number of likely N-dealkylation sites (N-methyl/N-ethyl adjacent to an activating group) is 1. The van der Waals surface area contributed by atoms with Crippen molar-refractivity contribution >= 4 is 58.7 Å². The van der Waals surface area contributed by atoms with Crippen molar-refractivity contribution < 1.29 is 19.2 Å². The van der Waals surface area contributed by atoms with E-state index in [2.05, 4.69) is 55.2 Å². The Morgan fingerprint density at radius 2 is 1.67 bits per heavy atom. The summed E-state index contributed by atoms with van der Waals surface area (Å²) in [6.45, 7) is 13.4. The second-order valence-corrected chi connectivity index (χ2v) is 17.3. The van der Waals surface area contributed by atoms with E-state index in [-0.39, 0.29) is 41.6 Å². The van der Waals surface area contributed by atoms with Crippen LogP contribution in [0.5, 0.6) is 0 Å². The van der Waals surface area contributed by atoms with Crippen molar-refractivity contribution in [1.82, 2.24) is 34.1 Å². The highest BCUT2D eigenvalue weighted by Gasteiger charge is 2.35. The highest BCUT2D eigenvalue weighted by Crippen LogP contribution is 2.33. The molecule has 5 aliphatic rings. The van der Waals surface area contributed by atoms with Gasteiger partial charge < -0.3 is 35.6 Å². The van der Waals surface area contributed by atoms with Gasteiger partial charge in [0.25, 0.3) is 5.91 Å². The summed E-state index contributed by atoms with van der Waals surface area (Å²) in [7, 11) is 3.57. The summed E-state index contributed by atoms with van der Waals surface area (Å²) in [4.78, 5) is 82.4. The van der Waals surface area contributed by atoms with Crippen LogP contribution in [0.2, 0.25) is 0 Å². The minimum atomic E-state index is -0.723. The van der Waals surface area contributed by atoms with Crippen LogP contribution in [0.25, 0.3) is 11.0 Å². The molecular weight excluding hydrogens is 777 g/mol. The largest absolute Gasteiger partial charge is 0.371 e. The minimum Gasteiger partial charge on any atom is -0.371 e. The second-order valence-electron chi connectivity index (χ2n) is 17.3. The van der Waals surface area contributed by atoms with Crippen LogP contribution in [0.1, 0.15) is 69.4 Å². The van der Waals surface area contributed by atoms with Gasteiger partial charge in [-0.3, -0.25) is 33.8 Å². The number of hydrogen-bond acceptors (Lipinski definition) is 10. The third-order valence-corrected chi connectivity index (χ3v) is 13.4. The van der Waals surface area contributed by atoms with Crippen molar-refractivity contribution in [3.8, 4) is 0 Å². The van der Waals surface area contributed by atoms with Crippen molar-refractivity contribution in [2.24, 2.45) is 28.7 Å². The number of anilines is 2. The van der Waals surface area contributed by atoms with Crippen LogP contribution < -0.4 is 27.0 Å². The molecule has 0 aliphatic carbocycles. The van der Waals surface area contributed by atoms with Gasteiger partial charge in [-0.25, -0.2) is 14.6 Å². The number of benzene rings is 2. The molecule has 5 saturated heterocycles. The Bertz CT molecular complexity index is 2320. The molecule has 324 valence electrons. The number of urea groups is 1. The number of carbonyl (C=O) groups is 4. The standard InChI is InChI=1S/C44H58N12O5/c1-28(53-18-5-6-34(27-53)55-23-22-50(3)43(55)60)47-41(39(46-2)40(45)58)48-32-9-7-30(8-10-32)31-16-19-52(20-17-31)25-29-15-21-54(26-29)33-11-12-35-37(24-33)51(4)44(61)56(35)36-13-14-38(57)49-42(36)59/h7-12,24,29,31,34,36,48H,2,5-6,13-23,25-27H2,1,3-4H3,(H2,45,58)(H,49,57,59)/b41-39+,47-28?/t29-,34-,36?/m1/s1. The number of aryl methyl sites for hydroxylation is 1. The van der Waals surface area contributed by atoms with E-state index in [1.165, 1.54) is 10.1 Å². The molecule has 5 fully saturated rings. The lowest BCUT2D eigenvalue weighted by atomic mass is 9.89. The first-order valence-corrected chi connectivity index (χ1v) is 21.6. The van der Waals surface area contributed by atoms with Gasteiger partial charge in [-0.1, -0.05) is 12.1 Å². The van der Waals surface area contributed by atoms with E-state index in [4.69, 9.17) is 10.7 Å². The minimum absolute atomic E-state index is 0.0409. The van der Waals surface area contributed by atoms with Crippen molar-refractivity contribution in [2.75, 3.05) is 76.2 Å². The summed E-state index contributed by atoms with van der Waals surface area (Å²) in [6, 6.07) is 13.8. The maximum atomic E-state index is 13.3. The van der Waals surface area contributed by atoms with Crippen LogP contribution in [-0.4, -0.2) is 137 Å². The number of primary amides is 1. The number of imidazole rings is 1. The fourth-order valence-electron chi connectivity index (χ4n) is 9.94. The quantitative estimate of drug-likeness (QED) is 0.113. The summed E-state index contributed by atoms with van der Waals surface area (Å²) in [6.07, 6.45) is 5.62. The van der Waals surface area contributed by atoms with Gasteiger partial charge in [-0.15, -0.1) is 0 Å². The Balaban J connectivity index is 0.851. The van der Waals surface area contributed by atoms with E-state index in [9.17, 15) is 24.0 Å². The molecule has 4 N–H and O–H groups in total. The predicted octanol–water partition coefficient (Wildman–Crippen LogP) is 3.04. The van der Waals surface area contributed by atoms with Gasteiger partial charge in [0.2, 0.25) is 11.8 Å². The molecule has 0 radical (unpaired) electrons. The number of amides is 5. The van der Waals surface area contributed by atoms with Crippen LogP contribution in [0.15, 0.2) is 68.8 Å². The summed E-state index contributed by atoms with van der Waals surface area (Å²) in [5.41, 5.74) is 10.0. The molecule has 61 heavy (non-hydrogen) atoms. The number of aromatic nitrogens is 2. The maximum Gasteiger partial charge on any atom is 0.329 e. The average molecular weight is 835 g/mol. The van der Waals surface area contributed by atoms with E-state index in [1.807, 2.05) is 43.1 Å². The number of nitrogens with zero attached hydrogens (tertiary/aromatic N) is 9. The zero-order chi connectivity index (χ0) is 42.9. The van der Waals surface area contributed by atoms with Gasteiger partial charge in [0.1, 0.15) is 11.9 Å². The SMILES string of the molecule is C=N/C(C(N)=O)=C(\N=C(C)N1CCC[C@@H](N2CCN(C)C2=O)C1)Nc1ccc(C2CCN(C[C@H]3CCN(c4ccc5c(c4)n(C)c(=O)n5C4CCC(=O)NC4=O)C3)CC2)cc1. The number of nitrogens with two attached hydrogens (primary N) is 1. The van der Waals surface area contributed by atoms with Crippen LogP contribution in [0, 0.1) is 5.92 Å². The number of hydrogen-bond donors (Lipinski definition) is 3. The number of aliphatic imine (C=N–C) groups is 2. The Hall–Kier alpha value is -5.97. The number of nitrogens with one attached hydrogen (secondary N) is 2. The number of fused-ring (bicyclic) bond motifs is 1. The predicted molar refractivity (Wildman–Crippen MR) is 236 cm³/mol. The molecule has 17 heteroatoms. The van der Waals surface area contributed by atoms with Crippen molar-refractivity contribution in [3.63, 3.8) is 0 Å². The van der Waals surface area contributed by atoms with Crippen molar-refractivity contribution in [1.29, 1.82) is 0 Å². The molecule has 3 atom stereocenters. The van der Waals surface area contributed by atoms with Crippen molar-refractivity contribution in [3.05, 3.63) is 70.0 Å². The van der Waals surface area contributed by atoms with Crippen LogP contribution in [0.3, 0.4) is 0 Å². The molecule has 1 unspecified atom stereocenters. The zero-order valence-electron chi connectivity index (χ0n) is 35.5. The van der Waals surface area contributed by atoms with Gasteiger partial charge in [0, 0.05) is 77.7 Å². The van der Waals surface area contributed by atoms with Crippen LogP contribution in [-0.2, 0) is 21.4 Å². The molecule has 5 amide bonds. The fourth-order valence-corrected chi connectivity index (χ4v) is 9.94. The Morgan fingerprint density at radius 3 is 2.36 bits per heavy atom. The lowest BCUT2D eigenvalue weighted by molar-refractivity contribution is -0.135. The van der Waals surface area contributed by atoms with E-state index < -0.39 is 17.9 Å². The number of amidine groups is 1. The number of likely N-dealkylation sites (tertiary alicyclic amines) is 2. The third kappa shape index (κ3) is 8.65. The van der Waals surface area contributed by atoms with Crippen LogP contribution in [0.4, 0.5) is 16.2 Å². The smallest absolute Gasteiger partial charge is 0.329 e. The topological polar surface area (TPSA) is 186 Å². The van der Waals surface area contributed by atoms with Gasteiger partial charge in [0.05, 0.1) is 17.1 Å². The molecule has 0 bridgehead atoms. The van der Waals surface area contributed by atoms with Gasteiger partial charge in [-0.05, 0) is 113 Å². The zero-order valence-corrected chi connectivity index (χ0v) is 35.5. The van der Waals surface area contributed by atoms with Gasteiger partial charge >= 0.3 is 11.7 Å². The summed E-state index contributed by atoms with van der Waals surface area (Å²) in [5, 5.41) is 5.67. The first-order valence-electron chi connectivity index (χ1n) is 21.6. The highest BCUT2D eigenvalue weighted by molar-refractivity contribution is 6.00. The first-order chi connectivity index (χ1) is 29.4. The lowest BCUT2D eigenvalue weighted by Crippen LogP contribution is -2.50. The molecule has 0 saturated carbocycles. The molecule has 1 aromatic heterocycles. The molecule has 17 nitrogen and oxygen atoms in total. The monoisotopic (exact) mass is 834 g/mol. The third-order valence-electron chi connectivity index (χ3n) is 13.4. The highest BCUT2D eigenvalue weighted by atomic mass is 16.2. The molecule has 6 heterocycles. The number of imide groups is 1.